The van der Waals surface area contributed by atoms with Gasteiger partial charge in [-0.3, -0.25) is 9.69 Å². The highest BCUT2D eigenvalue weighted by Crippen LogP contribution is 2.54. The molecule has 2 atom stereocenters. The fourth-order valence-corrected chi connectivity index (χ4v) is 4.01. The maximum Gasteiger partial charge on any atom is 0.225 e. The number of fused-ring (bicyclic) bond motifs is 1. The second kappa shape index (κ2) is 4.20. The molecule has 4 fully saturated rings. The van der Waals surface area contributed by atoms with E-state index in [0.717, 1.165) is 57.1 Å². The number of rotatable bonds is 2. The minimum atomic E-state index is 0.380. The van der Waals surface area contributed by atoms with Crippen LogP contribution in [0.4, 0.5) is 0 Å². The minimum Gasteiger partial charge on any atom is -0.340 e. The molecule has 100 valence electrons. The molecule has 4 rings (SSSR count). The van der Waals surface area contributed by atoms with Crippen molar-refractivity contribution in [1.82, 2.24) is 15.1 Å². The smallest absolute Gasteiger partial charge is 0.225 e. The average Bonchev–Trinajstić information content (AvgIpc) is 2.94. The molecule has 2 aliphatic carbocycles. The zero-order valence-electron chi connectivity index (χ0n) is 11.0. The molecule has 0 radical (unpaired) electrons. The Morgan fingerprint density at radius 1 is 0.944 bits per heavy atom. The summed E-state index contributed by atoms with van der Waals surface area (Å²) in [6.07, 6.45) is 3.79. The van der Waals surface area contributed by atoms with Gasteiger partial charge < -0.3 is 10.2 Å². The van der Waals surface area contributed by atoms with Crippen LogP contribution in [0.25, 0.3) is 0 Å². The van der Waals surface area contributed by atoms with Crippen LogP contribution < -0.4 is 5.32 Å². The zero-order valence-corrected chi connectivity index (χ0v) is 11.0. The standard InChI is InChI=1S/C14H23N3O/c18-14(12-6-10-5-11(10)7-12)17-3-1-16(2-4-17)13-8-15-9-13/h10-13,15H,1-9H2. The summed E-state index contributed by atoms with van der Waals surface area (Å²) in [7, 11) is 0. The maximum atomic E-state index is 12.4. The molecule has 0 bridgehead atoms. The van der Waals surface area contributed by atoms with Crippen LogP contribution in [0, 0.1) is 17.8 Å². The Labute approximate surface area is 109 Å². The molecule has 2 heterocycles. The van der Waals surface area contributed by atoms with Gasteiger partial charge in [-0.25, -0.2) is 0 Å². The fraction of sp³-hybridized carbons (Fsp3) is 0.929. The molecular weight excluding hydrogens is 226 g/mol. The van der Waals surface area contributed by atoms with Gasteiger partial charge in [-0.1, -0.05) is 0 Å². The van der Waals surface area contributed by atoms with Gasteiger partial charge in [0.2, 0.25) is 5.91 Å². The van der Waals surface area contributed by atoms with Crippen LogP contribution in [0.3, 0.4) is 0 Å². The van der Waals surface area contributed by atoms with Crippen molar-refractivity contribution in [3.05, 3.63) is 0 Å². The predicted octanol–water partition coefficient (Wildman–Crippen LogP) is 0.149. The second-order valence-electron chi connectivity index (χ2n) is 6.60. The highest BCUT2D eigenvalue weighted by molar-refractivity contribution is 5.79. The molecule has 4 aliphatic rings. The van der Waals surface area contributed by atoms with Crippen LogP contribution in [0.15, 0.2) is 0 Å². The van der Waals surface area contributed by atoms with Crippen molar-refractivity contribution >= 4 is 5.91 Å². The molecule has 2 saturated carbocycles. The van der Waals surface area contributed by atoms with E-state index in [1.54, 1.807) is 0 Å². The quantitative estimate of drug-likeness (QED) is 0.756. The number of piperazine rings is 1. The zero-order chi connectivity index (χ0) is 12.1. The number of hydrogen-bond donors (Lipinski definition) is 1. The van der Waals surface area contributed by atoms with E-state index in [0.29, 0.717) is 11.8 Å². The van der Waals surface area contributed by atoms with Crippen LogP contribution in [-0.4, -0.2) is 61.0 Å². The molecule has 18 heavy (non-hydrogen) atoms. The molecule has 2 aliphatic heterocycles. The van der Waals surface area contributed by atoms with Crippen LogP contribution in [-0.2, 0) is 4.79 Å². The Balaban J connectivity index is 1.29. The average molecular weight is 249 g/mol. The van der Waals surface area contributed by atoms with E-state index in [-0.39, 0.29) is 0 Å². The third-order valence-corrected chi connectivity index (χ3v) is 5.50. The van der Waals surface area contributed by atoms with Crippen molar-refractivity contribution in [3.63, 3.8) is 0 Å². The third kappa shape index (κ3) is 1.86. The summed E-state index contributed by atoms with van der Waals surface area (Å²) in [5.74, 6) is 2.68. The van der Waals surface area contributed by atoms with E-state index in [1.165, 1.54) is 19.3 Å². The van der Waals surface area contributed by atoms with Gasteiger partial charge in [0.05, 0.1) is 0 Å². The van der Waals surface area contributed by atoms with Crippen LogP contribution in [0.1, 0.15) is 19.3 Å². The molecule has 0 aromatic heterocycles. The molecule has 2 saturated heterocycles. The molecule has 4 heteroatoms. The highest BCUT2D eigenvalue weighted by Gasteiger charge is 2.49. The molecule has 4 nitrogen and oxygen atoms in total. The number of nitrogens with zero attached hydrogens (tertiary/aromatic N) is 2. The predicted molar refractivity (Wildman–Crippen MR) is 69.1 cm³/mol. The lowest BCUT2D eigenvalue weighted by Crippen LogP contribution is -2.62. The molecular formula is C14H23N3O. The second-order valence-corrected chi connectivity index (χ2v) is 6.60. The Hall–Kier alpha value is -0.610. The van der Waals surface area contributed by atoms with Crippen LogP contribution in [0.5, 0.6) is 0 Å². The third-order valence-electron chi connectivity index (χ3n) is 5.50. The van der Waals surface area contributed by atoms with E-state index in [1.807, 2.05) is 0 Å². The molecule has 0 aromatic carbocycles. The van der Waals surface area contributed by atoms with Crippen molar-refractivity contribution in [3.8, 4) is 0 Å². The van der Waals surface area contributed by atoms with Crippen molar-refractivity contribution in [2.24, 2.45) is 17.8 Å². The van der Waals surface area contributed by atoms with Gasteiger partial charge >= 0.3 is 0 Å². The summed E-state index contributed by atoms with van der Waals surface area (Å²) in [6, 6.07) is 0.737. The van der Waals surface area contributed by atoms with E-state index >= 15 is 0 Å². The van der Waals surface area contributed by atoms with Gasteiger partial charge in [0, 0.05) is 51.2 Å². The first kappa shape index (κ1) is 11.2. The monoisotopic (exact) mass is 249 g/mol. The normalized spacial score (nSPS) is 40.4. The van der Waals surface area contributed by atoms with Gasteiger partial charge in [-0.15, -0.1) is 0 Å². The Morgan fingerprint density at radius 2 is 1.61 bits per heavy atom. The van der Waals surface area contributed by atoms with E-state index in [4.69, 9.17) is 0 Å². The van der Waals surface area contributed by atoms with Crippen molar-refractivity contribution in [2.75, 3.05) is 39.3 Å². The molecule has 1 N–H and O–H groups in total. The Bertz CT molecular complexity index is 337. The van der Waals surface area contributed by atoms with E-state index in [2.05, 4.69) is 15.1 Å². The summed E-state index contributed by atoms with van der Waals surface area (Å²) in [6.45, 7) is 6.36. The molecule has 0 spiro atoms. The summed E-state index contributed by atoms with van der Waals surface area (Å²) in [4.78, 5) is 17.1. The summed E-state index contributed by atoms with van der Waals surface area (Å²) in [5.41, 5.74) is 0. The van der Waals surface area contributed by atoms with Gasteiger partial charge in [-0.2, -0.15) is 0 Å². The first-order chi connectivity index (χ1) is 8.81. The van der Waals surface area contributed by atoms with Gasteiger partial charge in [-0.05, 0) is 31.1 Å². The molecule has 1 amide bonds. The number of carbonyl (C=O) groups is 1. The number of nitrogens with one attached hydrogen (secondary N) is 1. The van der Waals surface area contributed by atoms with Crippen LogP contribution >= 0.6 is 0 Å². The highest BCUT2D eigenvalue weighted by atomic mass is 16.2. The summed E-state index contributed by atoms with van der Waals surface area (Å²) >= 11 is 0. The Kier molecular flexibility index (Phi) is 2.62. The minimum absolute atomic E-state index is 0.380. The summed E-state index contributed by atoms with van der Waals surface area (Å²) < 4.78 is 0. The number of hydrogen-bond acceptors (Lipinski definition) is 3. The number of amides is 1. The van der Waals surface area contributed by atoms with E-state index in [9.17, 15) is 4.79 Å². The first-order valence-corrected chi connectivity index (χ1v) is 7.55. The SMILES string of the molecule is O=C(C1CC2CC2C1)N1CCN(C2CNC2)CC1. The lowest BCUT2D eigenvalue weighted by atomic mass is 10.0. The molecule has 0 aromatic rings. The summed E-state index contributed by atoms with van der Waals surface area (Å²) in [5, 5.41) is 3.32. The van der Waals surface area contributed by atoms with Gasteiger partial charge in [0.25, 0.3) is 0 Å². The van der Waals surface area contributed by atoms with Crippen molar-refractivity contribution < 1.29 is 4.79 Å². The number of carbonyl (C=O) groups excluding carboxylic acids is 1. The lowest BCUT2D eigenvalue weighted by molar-refractivity contribution is -0.138. The van der Waals surface area contributed by atoms with Gasteiger partial charge in [0.15, 0.2) is 0 Å². The first-order valence-electron chi connectivity index (χ1n) is 7.55. The van der Waals surface area contributed by atoms with Crippen molar-refractivity contribution in [1.29, 1.82) is 0 Å². The lowest BCUT2D eigenvalue weighted by Gasteiger charge is -2.43. The topological polar surface area (TPSA) is 35.6 Å². The molecule has 2 unspecified atom stereocenters. The fourth-order valence-electron chi connectivity index (χ4n) is 4.01. The van der Waals surface area contributed by atoms with E-state index < -0.39 is 0 Å². The van der Waals surface area contributed by atoms with Crippen molar-refractivity contribution in [2.45, 2.75) is 25.3 Å². The maximum absolute atomic E-state index is 12.4. The van der Waals surface area contributed by atoms with Gasteiger partial charge in [0.1, 0.15) is 0 Å². The largest absolute Gasteiger partial charge is 0.340 e. The van der Waals surface area contributed by atoms with Crippen LogP contribution in [0.2, 0.25) is 0 Å². The Morgan fingerprint density at radius 3 is 2.17 bits per heavy atom.